The lowest BCUT2D eigenvalue weighted by Gasteiger charge is -2.07. The molecule has 0 aliphatic carbocycles. The van der Waals surface area contributed by atoms with Gasteiger partial charge >= 0.3 is 5.97 Å². The van der Waals surface area contributed by atoms with E-state index in [1.165, 1.54) is 13.0 Å². The topological polar surface area (TPSA) is 69.4 Å². The molecule has 76 valence electrons. The highest BCUT2D eigenvalue weighted by Gasteiger charge is 2.17. The lowest BCUT2D eigenvalue weighted by atomic mass is 10.4. The van der Waals surface area contributed by atoms with Gasteiger partial charge in [0.15, 0.2) is 6.10 Å². The summed E-state index contributed by atoms with van der Waals surface area (Å²) in [6.45, 7) is 1.41. The molecule has 0 spiro atoms. The summed E-state index contributed by atoms with van der Waals surface area (Å²) in [7, 11) is 0. The molecule has 1 atom stereocenters. The van der Waals surface area contributed by atoms with E-state index in [9.17, 15) is 9.59 Å². The summed E-state index contributed by atoms with van der Waals surface area (Å²) in [6, 6.07) is 3.11. The SMILES string of the molecule is C[C@H](OC(=O)c1ccc(Cl)s1)C(N)=O. The van der Waals surface area contributed by atoms with Crippen LogP contribution < -0.4 is 5.73 Å². The van der Waals surface area contributed by atoms with Gasteiger partial charge in [-0.05, 0) is 19.1 Å². The van der Waals surface area contributed by atoms with Crippen molar-refractivity contribution in [2.45, 2.75) is 13.0 Å². The van der Waals surface area contributed by atoms with Crippen molar-refractivity contribution in [3.63, 3.8) is 0 Å². The molecule has 1 amide bonds. The Balaban J connectivity index is 2.63. The third-order valence-corrected chi connectivity index (χ3v) is 2.67. The van der Waals surface area contributed by atoms with Crippen molar-refractivity contribution >= 4 is 34.8 Å². The molecule has 0 fully saturated rings. The Hall–Kier alpha value is -1.07. The highest BCUT2D eigenvalue weighted by molar-refractivity contribution is 7.17. The van der Waals surface area contributed by atoms with E-state index >= 15 is 0 Å². The average molecular weight is 234 g/mol. The number of nitrogens with two attached hydrogens (primary N) is 1. The number of esters is 1. The number of ether oxygens (including phenoxy) is 1. The van der Waals surface area contributed by atoms with Crippen molar-refractivity contribution in [2.75, 3.05) is 0 Å². The van der Waals surface area contributed by atoms with Crippen LogP contribution in [0.2, 0.25) is 4.34 Å². The minimum Gasteiger partial charge on any atom is -0.448 e. The molecular weight excluding hydrogens is 226 g/mol. The van der Waals surface area contributed by atoms with Gasteiger partial charge in [0.05, 0.1) is 4.34 Å². The average Bonchev–Trinajstić information content (AvgIpc) is 2.51. The van der Waals surface area contributed by atoms with Crippen molar-refractivity contribution < 1.29 is 14.3 Å². The Morgan fingerprint density at radius 2 is 2.21 bits per heavy atom. The number of thiophene rings is 1. The molecule has 14 heavy (non-hydrogen) atoms. The van der Waals surface area contributed by atoms with Gasteiger partial charge in [0.1, 0.15) is 4.88 Å². The predicted molar refractivity (Wildman–Crippen MR) is 53.4 cm³/mol. The fraction of sp³-hybridized carbons (Fsp3) is 0.250. The maximum Gasteiger partial charge on any atom is 0.349 e. The Bertz CT molecular complexity index is 363. The minimum atomic E-state index is -0.927. The lowest BCUT2D eigenvalue weighted by Crippen LogP contribution is -2.30. The van der Waals surface area contributed by atoms with E-state index in [1.54, 1.807) is 6.07 Å². The van der Waals surface area contributed by atoms with Gasteiger partial charge in [0, 0.05) is 0 Å². The third-order valence-electron chi connectivity index (χ3n) is 1.46. The van der Waals surface area contributed by atoms with Crippen LogP contribution in [0.4, 0.5) is 0 Å². The molecular formula is C8H8ClNO3S. The summed E-state index contributed by atoms with van der Waals surface area (Å²) < 4.78 is 5.24. The van der Waals surface area contributed by atoms with Gasteiger partial charge in [0.2, 0.25) is 0 Å². The molecule has 0 saturated carbocycles. The van der Waals surface area contributed by atoms with Crippen LogP contribution in [0.1, 0.15) is 16.6 Å². The Morgan fingerprint density at radius 3 is 2.64 bits per heavy atom. The first-order valence-electron chi connectivity index (χ1n) is 3.76. The van der Waals surface area contributed by atoms with Crippen LogP contribution in [0.3, 0.4) is 0 Å². The van der Waals surface area contributed by atoms with Crippen LogP contribution in [-0.4, -0.2) is 18.0 Å². The van der Waals surface area contributed by atoms with Crippen LogP contribution in [0.15, 0.2) is 12.1 Å². The second-order valence-corrected chi connectivity index (χ2v) is 4.27. The number of hydrogen-bond acceptors (Lipinski definition) is 4. The summed E-state index contributed by atoms with van der Waals surface area (Å²) in [5.41, 5.74) is 4.93. The number of amides is 1. The molecule has 0 aromatic carbocycles. The summed E-state index contributed by atoms with van der Waals surface area (Å²) in [4.78, 5) is 22.2. The standard InChI is InChI=1S/C8H8ClNO3S/c1-4(7(10)11)13-8(12)5-2-3-6(9)14-5/h2-4H,1H3,(H2,10,11)/t4-/m0/s1. The van der Waals surface area contributed by atoms with Crippen LogP contribution in [-0.2, 0) is 9.53 Å². The number of halogens is 1. The van der Waals surface area contributed by atoms with Gasteiger partial charge in [-0.2, -0.15) is 0 Å². The molecule has 1 rings (SSSR count). The van der Waals surface area contributed by atoms with E-state index in [1.807, 2.05) is 0 Å². The van der Waals surface area contributed by atoms with Crippen LogP contribution in [0.25, 0.3) is 0 Å². The molecule has 0 unspecified atom stereocenters. The molecule has 1 aromatic rings. The van der Waals surface area contributed by atoms with E-state index in [0.717, 1.165) is 11.3 Å². The van der Waals surface area contributed by atoms with Crippen molar-refractivity contribution in [1.29, 1.82) is 0 Å². The number of carbonyl (C=O) groups excluding carboxylic acids is 2. The zero-order valence-electron chi connectivity index (χ0n) is 7.32. The molecule has 0 radical (unpaired) electrons. The van der Waals surface area contributed by atoms with Crippen LogP contribution >= 0.6 is 22.9 Å². The Kier molecular flexibility index (Phi) is 3.49. The monoisotopic (exact) mass is 233 g/mol. The van der Waals surface area contributed by atoms with Crippen molar-refractivity contribution in [3.8, 4) is 0 Å². The van der Waals surface area contributed by atoms with Gasteiger partial charge in [-0.15, -0.1) is 11.3 Å². The molecule has 4 nitrogen and oxygen atoms in total. The Morgan fingerprint density at radius 1 is 1.57 bits per heavy atom. The first-order chi connectivity index (χ1) is 6.50. The van der Waals surface area contributed by atoms with Gasteiger partial charge in [-0.1, -0.05) is 11.6 Å². The van der Waals surface area contributed by atoms with Gasteiger partial charge in [-0.3, -0.25) is 4.79 Å². The van der Waals surface area contributed by atoms with E-state index in [-0.39, 0.29) is 0 Å². The van der Waals surface area contributed by atoms with Gasteiger partial charge < -0.3 is 10.5 Å². The zero-order valence-corrected chi connectivity index (χ0v) is 8.89. The maximum atomic E-state index is 11.3. The number of rotatable bonds is 3. The number of hydrogen-bond donors (Lipinski definition) is 1. The highest BCUT2D eigenvalue weighted by Crippen LogP contribution is 2.22. The molecule has 0 aliphatic rings. The molecule has 0 bridgehead atoms. The van der Waals surface area contributed by atoms with Crippen molar-refractivity contribution in [3.05, 3.63) is 21.3 Å². The van der Waals surface area contributed by atoms with Crippen LogP contribution in [0.5, 0.6) is 0 Å². The summed E-state index contributed by atoms with van der Waals surface area (Å²) >= 11 is 6.71. The van der Waals surface area contributed by atoms with Gasteiger partial charge in [0.25, 0.3) is 5.91 Å². The van der Waals surface area contributed by atoms with Crippen molar-refractivity contribution in [1.82, 2.24) is 0 Å². The molecule has 1 heterocycles. The highest BCUT2D eigenvalue weighted by atomic mass is 35.5. The lowest BCUT2D eigenvalue weighted by molar-refractivity contribution is -0.125. The second-order valence-electron chi connectivity index (χ2n) is 2.55. The summed E-state index contributed by atoms with van der Waals surface area (Å²) in [6.07, 6.45) is -0.927. The van der Waals surface area contributed by atoms with E-state index in [2.05, 4.69) is 0 Å². The quantitative estimate of drug-likeness (QED) is 0.803. The van der Waals surface area contributed by atoms with E-state index in [4.69, 9.17) is 22.1 Å². The Labute approximate surface area is 89.6 Å². The smallest absolute Gasteiger partial charge is 0.349 e. The minimum absolute atomic E-state index is 0.350. The fourth-order valence-electron chi connectivity index (χ4n) is 0.701. The largest absolute Gasteiger partial charge is 0.448 e. The van der Waals surface area contributed by atoms with Crippen LogP contribution in [0, 0.1) is 0 Å². The fourth-order valence-corrected chi connectivity index (χ4v) is 1.63. The number of primary amides is 1. The van der Waals surface area contributed by atoms with Crippen molar-refractivity contribution in [2.24, 2.45) is 5.73 Å². The zero-order chi connectivity index (χ0) is 10.7. The summed E-state index contributed by atoms with van der Waals surface area (Å²) in [5, 5.41) is 0. The first-order valence-corrected chi connectivity index (χ1v) is 4.96. The van der Waals surface area contributed by atoms with Gasteiger partial charge in [-0.25, -0.2) is 4.79 Å². The first kappa shape index (κ1) is 11.0. The summed E-state index contributed by atoms with van der Waals surface area (Å²) in [5.74, 6) is -1.27. The normalized spacial score (nSPS) is 12.1. The number of carbonyl (C=O) groups is 2. The molecule has 2 N–H and O–H groups in total. The third kappa shape index (κ3) is 2.71. The second kappa shape index (κ2) is 4.43. The van der Waals surface area contributed by atoms with E-state index in [0.29, 0.717) is 9.21 Å². The maximum absolute atomic E-state index is 11.3. The molecule has 0 aliphatic heterocycles. The molecule has 6 heteroatoms. The molecule has 1 aromatic heterocycles. The predicted octanol–water partition coefficient (Wildman–Crippen LogP) is 1.43. The molecule has 0 saturated heterocycles. The van der Waals surface area contributed by atoms with E-state index < -0.39 is 18.0 Å².